The Balaban J connectivity index is 0.934. The summed E-state index contributed by atoms with van der Waals surface area (Å²) in [6.45, 7) is 0. The SMILES string of the molecule is C1=CC(N2c3nccc(-c4cccc(-n5c6ccccc6c6ccccc65)c4)c3NC2c2ccc(-c3ccccc3)cc2)CC(C2=NC(c3ccccc3)C=C(C3=CCCC=C3)N2)=C1. The molecule has 12 rings (SSSR count). The number of aliphatic imine (C=N–C) groups is 1. The van der Waals surface area contributed by atoms with Crippen LogP contribution in [-0.4, -0.2) is 21.4 Å². The fourth-order valence-corrected chi connectivity index (χ4v) is 9.98. The number of benzene rings is 6. The highest BCUT2D eigenvalue weighted by Gasteiger charge is 2.38. The molecule has 0 amide bonds. The Hall–Kier alpha value is -7.96. The van der Waals surface area contributed by atoms with E-state index >= 15 is 0 Å². The first kappa shape index (κ1) is 37.8. The molecule has 2 aliphatic carbocycles. The van der Waals surface area contributed by atoms with Crippen molar-refractivity contribution in [2.75, 3.05) is 10.2 Å². The highest BCUT2D eigenvalue weighted by atomic mass is 15.4. The molecule has 6 heteroatoms. The molecule has 0 radical (unpaired) electrons. The number of para-hydroxylation sites is 2. The van der Waals surface area contributed by atoms with E-state index in [0.29, 0.717) is 0 Å². The lowest BCUT2D eigenvalue weighted by molar-refractivity contribution is 0.620. The van der Waals surface area contributed by atoms with Crippen molar-refractivity contribution < 1.29 is 0 Å². The summed E-state index contributed by atoms with van der Waals surface area (Å²) >= 11 is 0. The van der Waals surface area contributed by atoms with Crippen molar-refractivity contribution >= 4 is 39.1 Å². The first-order chi connectivity index (χ1) is 31.7. The van der Waals surface area contributed by atoms with Gasteiger partial charge in [-0.2, -0.15) is 0 Å². The number of allylic oxidation sites excluding steroid dienone is 5. The van der Waals surface area contributed by atoms with Crippen LogP contribution in [0.1, 0.15) is 42.6 Å². The summed E-state index contributed by atoms with van der Waals surface area (Å²) in [4.78, 5) is 13.1. The van der Waals surface area contributed by atoms with Crippen LogP contribution >= 0.6 is 0 Å². The van der Waals surface area contributed by atoms with E-state index in [1.165, 1.54) is 55.2 Å². The van der Waals surface area contributed by atoms with Gasteiger partial charge >= 0.3 is 0 Å². The zero-order valence-electron chi connectivity index (χ0n) is 35.3. The van der Waals surface area contributed by atoms with Gasteiger partial charge in [0.2, 0.25) is 0 Å². The van der Waals surface area contributed by atoms with Crippen molar-refractivity contribution in [2.24, 2.45) is 4.99 Å². The molecule has 64 heavy (non-hydrogen) atoms. The van der Waals surface area contributed by atoms with E-state index in [-0.39, 0.29) is 18.2 Å². The van der Waals surface area contributed by atoms with Crippen LogP contribution in [0.2, 0.25) is 0 Å². The van der Waals surface area contributed by atoms with Gasteiger partial charge in [0.1, 0.15) is 12.0 Å². The van der Waals surface area contributed by atoms with Gasteiger partial charge in [-0.3, -0.25) is 4.99 Å². The molecule has 2 N–H and O–H groups in total. The lowest BCUT2D eigenvalue weighted by Gasteiger charge is -2.35. The predicted octanol–water partition coefficient (Wildman–Crippen LogP) is 13.6. The lowest BCUT2D eigenvalue weighted by atomic mass is 9.94. The molecule has 0 spiro atoms. The topological polar surface area (TPSA) is 57.5 Å². The molecule has 8 aromatic rings. The number of rotatable bonds is 8. The van der Waals surface area contributed by atoms with Crippen LogP contribution in [0.5, 0.6) is 0 Å². The fourth-order valence-electron chi connectivity index (χ4n) is 9.98. The van der Waals surface area contributed by atoms with Crippen LogP contribution < -0.4 is 15.5 Å². The van der Waals surface area contributed by atoms with Crippen molar-refractivity contribution in [3.63, 3.8) is 0 Å². The average molecular weight is 827 g/mol. The molecule has 308 valence electrons. The lowest BCUT2D eigenvalue weighted by Crippen LogP contribution is -2.40. The minimum absolute atomic E-state index is 0.0120. The Morgan fingerprint density at radius 3 is 2.12 bits per heavy atom. The number of anilines is 2. The van der Waals surface area contributed by atoms with Crippen LogP contribution in [0, 0.1) is 0 Å². The van der Waals surface area contributed by atoms with Crippen molar-refractivity contribution in [2.45, 2.75) is 37.5 Å². The number of hydrogen-bond donors (Lipinski definition) is 2. The number of nitrogens with one attached hydrogen (secondary N) is 2. The number of amidine groups is 1. The Labute approximate surface area is 373 Å². The summed E-state index contributed by atoms with van der Waals surface area (Å²) in [7, 11) is 0. The van der Waals surface area contributed by atoms with E-state index in [1.807, 2.05) is 6.20 Å². The first-order valence-electron chi connectivity index (χ1n) is 22.4. The van der Waals surface area contributed by atoms with Crippen LogP contribution in [0.4, 0.5) is 11.5 Å². The summed E-state index contributed by atoms with van der Waals surface area (Å²) < 4.78 is 2.39. The molecule has 2 aliphatic heterocycles. The quantitative estimate of drug-likeness (QED) is 0.160. The molecule has 0 fully saturated rings. The standard InChI is InChI=1S/C58H46N6/c1-4-16-39(17-5-1)40-30-32-43(33-31-40)57-62-55-48(44-22-14-24-46(36-44)63-53-28-12-10-26-49(53)50-27-11-13-29-54(50)63)34-35-59-58(55)64(57)47-25-15-23-45(37-47)56-60-51(41-18-6-2-7-19-41)38-52(61-56)42-20-8-3-9-21-42/h1-2,4-8,10-36,38,47,51,57,62H,3,9,37H2,(H,60,61). The second-order valence-electron chi connectivity index (χ2n) is 16.9. The van der Waals surface area contributed by atoms with E-state index in [9.17, 15) is 0 Å². The maximum absolute atomic E-state index is 5.39. The zero-order valence-corrected chi connectivity index (χ0v) is 35.3. The van der Waals surface area contributed by atoms with E-state index in [1.54, 1.807) is 0 Å². The molecule has 0 saturated carbocycles. The molecular weight excluding hydrogens is 781 g/mol. The Morgan fingerprint density at radius 2 is 1.36 bits per heavy atom. The molecule has 0 bridgehead atoms. The number of nitrogens with zero attached hydrogens (tertiary/aromatic N) is 4. The van der Waals surface area contributed by atoms with Crippen LogP contribution in [0.25, 0.3) is 49.7 Å². The van der Waals surface area contributed by atoms with Crippen molar-refractivity contribution in [3.05, 3.63) is 240 Å². The van der Waals surface area contributed by atoms with Gasteiger partial charge in [0, 0.05) is 40.3 Å². The van der Waals surface area contributed by atoms with Crippen molar-refractivity contribution in [1.29, 1.82) is 0 Å². The van der Waals surface area contributed by atoms with E-state index in [0.717, 1.165) is 59.1 Å². The van der Waals surface area contributed by atoms with Crippen LogP contribution in [0.3, 0.4) is 0 Å². The van der Waals surface area contributed by atoms with Gasteiger partial charge in [-0.1, -0.05) is 170 Å². The van der Waals surface area contributed by atoms with Gasteiger partial charge in [0.15, 0.2) is 5.82 Å². The number of aromatic nitrogens is 2. The van der Waals surface area contributed by atoms with Crippen molar-refractivity contribution in [3.8, 4) is 27.9 Å². The fraction of sp³-hybridized carbons (Fsp3) is 0.103. The van der Waals surface area contributed by atoms with Gasteiger partial charge in [0.25, 0.3) is 0 Å². The van der Waals surface area contributed by atoms with Gasteiger partial charge < -0.3 is 20.1 Å². The van der Waals surface area contributed by atoms with E-state index in [4.69, 9.17) is 9.98 Å². The molecule has 4 heterocycles. The van der Waals surface area contributed by atoms with Gasteiger partial charge in [-0.05, 0) is 88.2 Å². The molecule has 6 nitrogen and oxygen atoms in total. The van der Waals surface area contributed by atoms with Gasteiger partial charge in [-0.15, -0.1) is 0 Å². The van der Waals surface area contributed by atoms with E-state index in [2.05, 4.69) is 226 Å². The van der Waals surface area contributed by atoms with Gasteiger partial charge in [0.05, 0.1) is 28.8 Å². The van der Waals surface area contributed by atoms with Gasteiger partial charge in [-0.25, -0.2) is 4.98 Å². The van der Waals surface area contributed by atoms with Crippen molar-refractivity contribution in [1.82, 2.24) is 14.9 Å². The molecule has 2 aromatic heterocycles. The molecule has 3 atom stereocenters. The number of pyridine rings is 1. The summed E-state index contributed by atoms with van der Waals surface area (Å²) in [6.07, 6.45) is 20.5. The monoisotopic (exact) mass is 826 g/mol. The third-order valence-electron chi connectivity index (χ3n) is 13.1. The first-order valence-corrected chi connectivity index (χ1v) is 22.4. The highest BCUT2D eigenvalue weighted by Crippen LogP contribution is 2.48. The second kappa shape index (κ2) is 16.1. The normalized spacial score (nSPS) is 19.1. The second-order valence-corrected chi connectivity index (χ2v) is 16.9. The molecule has 4 aliphatic rings. The predicted molar refractivity (Wildman–Crippen MR) is 265 cm³/mol. The Kier molecular flexibility index (Phi) is 9.48. The number of fused-ring (bicyclic) bond motifs is 4. The summed E-state index contributed by atoms with van der Waals surface area (Å²) in [5.41, 5.74) is 15.0. The summed E-state index contributed by atoms with van der Waals surface area (Å²) in [6, 6.07) is 58.6. The third kappa shape index (κ3) is 6.75. The smallest absolute Gasteiger partial charge is 0.155 e. The summed E-state index contributed by atoms with van der Waals surface area (Å²) in [5, 5.41) is 10.3. The van der Waals surface area contributed by atoms with Crippen LogP contribution in [-0.2, 0) is 0 Å². The largest absolute Gasteiger partial charge is 0.358 e. The Bertz CT molecular complexity index is 3210. The minimum Gasteiger partial charge on any atom is -0.358 e. The molecule has 0 saturated heterocycles. The zero-order chi connectivity index (χ0) is 42.4. The number of hydrogen-bond acceptors (Lipinski definition) is 5. The Morgan fingerprint density at radius 1 is 0.641 bits per heavy atom. The maximum atomic E-state index is 5.39. The summed E-state index contributed by atoms with van der Waals surface area (Å²) in [5.74, 6) is 1.85. The van der Waals surface area contributed by atoms with Crippen LogP contribution in [0.15, 0.2) is 234 Å². The third-order valence-corrected chi connectivity index (χ3v) is 13.1. The molecule has 3 unspecified atom stereocenters. The highest BCUT2D eigenvalue weighted by molar-refractivity contribution is 6.09. The minimum atomic E-state index is -0.172. The van der Waals surface area contributed by atoms with E-state index < -0.39 is 0 Å². The average Bonchev–Trinajstić information content (AvgIpc) is 3.94. The maximum Gasteiger partial charge on any atom is 0.155 e. The molecular formula is C58H46N6. The molecule has 6 aromatic carbocycles.